The smallest absolute Gasteiger partial charge is 0.222 e. The molecule has 4 nitrogen and oxygen atoms in total. The van der Waals surface area contributed by atoms with Crippen molar-refractivity contribution >= 4 is 5.95 Å². The predicted octanol–water partition coefficient (Wildman–Crippen LogP) is 2.63. The third kappa shape index (κ3) is 4.97. The minimum atomic E-state index is 0.708. The van der Waals surface area contributed by atoms with E-state index in [-0.39, 0.29) is 0 Å². The van der Waals surface area contributed by atoms with Crippen molar-refractivity contribution in [1.82, 2.24) is 15.3 Å². The zero-order valence-electron chi connectivity index (χ0n) is 12.0. The maximum atomic E-state index is 4.29. The molecule has 0 saturated carbocycles. The SMILES string of the molecule is CCCNc1ncc(CNCCc2ccccc2)cn1. The van der Waals surface area contributed by atoms with Gasteiger partial charge in [0.2, 0.25) is 5.95 Å². The summed E-state index contributed by atoms with van der Waals surface area (Å²) in [4.78, 5) is 8.58. The van der Waals surface area contributed by atoms with Crippen molar-refractivity contribution in [1.29, 1.82) is 0 Å². The van der Waals surface area contributed by atoms with E-state index in [1.165, 1.54) is 5.56 Å². The molecule has 0 aliphatic carbocycles. The van der Waals surface area contributed by atoms with Crippen LogP contribution in [0.1, 0.15) is 24.5 Å². The number of aromatic nitrogens is 2. The Bertz CT molecular complexity index is 482. The van der Waals surface area contributed by atoms with Gasteiger partial charge in [0.1, 0.15) is 0 Å². The van der Waals surface area contributed by atoms with Gasteiger partial charge >= 0.3 is 0 Å². The molecular formula is C16H22N4. The van der Waals surface area contributed by atoms with E-state index in [9.17, 15) is 0 Å². The Kier molecular flexibility index (Phi) is 5.99. The van der Waals surface area contributed by atoms with Crippen LogP contribution < -0.4 is 10.6 Å². The van der Waals surface area contributed by atoms with Crippen LogP contribution in [0.3, 0.4) is 0 Å². The van der Waals surface area contributed by atoms with Crippen LogP contribution in [0.4, 0.5) is 5.95 Å². The molecule has 0 atom stereocenters. The van der Waals surface area contributed by atoms with Crippen LogP contribution in [0.25, 0.3) is 0 Å². The van der Waals surface area contributed by atoms with Crippen molar-refractivity contribution in [3.05, 3.63) is 53.9 Å². The van der Waals surface area contributed by atoms with E-state index in [2.05, 4.69) is 51.8 Å². The molecule has 20 heavy (non-hydrogen) atoms. The zero-order valence-corrected chi connectivity index (χ0v) is 12.0. The summed E-state index contributed by atoms with van der Waals surface area (Å²) in [5.41, 5.74) is 2.47. The van der Waals surface area contributed by atoms with Crippen molar-refractivity contribution in [2.45, 2.75) is 26.3 Å². The maximum absolute atomic E-state index is 4.29. The van der Waals surface area contributed by atoms with Crippen LogP contribution in [0.5, 0.6) is 0 Å². The van der Waals surface area contributed by atoms with Gasteiger partial charge in [0.25, 0.3) is 0 Å². The zero-order chi connectivity index (χ0) is 14.0. The maximum Gasteiger partial charge on any atom is 0.222 e. The fraction of sp³-hybridized carbons (Fsp3) is 0.375. The average molecular weight is 270 g/mol. The monoisotopic (exact) mass is 270 g/mol. The molecule has 1 heterocycles. The molecule has 0 fully saturated rings. The summed E-state index contributed by atoms with van der Waals surface area (Å²) in [6.45, 7) is 4.80. The van der Waals surface area contributed by atoms with E-state index in [1.807, 2.05) is 18.5 Å². The molecule has 1 aromatic carbocycles. The summed E-state index contributed by atoms with van der Waals surface area (Å²) in [5.74, 6) is 0.708. The number of nitrogens with zero attached hydrogens (tertiary/aromatic N) is 2. The molecule has 0 bridgehead atoms. The Balaban J connectivity index is 1.69. The quantitative estimate of drug-likeness (QED) is 0.724. The highest BCUT2D eigenvalue weighted by molar-refractivity contribution is 5.24. The van der Waals surface area contributed by atoms with Gasteiger partial charge in [-0.25, -0.2) is 9.97 Å². The number of hydrogen-bond donors (Lipinski definition) is 2. The normalized spacial score (nSPS) is 10.4. The Morgan fingerprint density at radius 3 is 2.40 bits per heavy atom. The van der Waals surface area contributed by atoms with E-state index in [0.29, 0.717) is 5.95 Å². The van der Waals surface area contributed by atoms with Crippen molar-refractivity contribution in [3.63, 3.8) is 0 Å². The lowest BCUT2D eigenvalue weighted by atomic mass is 10.1. The lowest BCUT2D eigenvalue weighted by Crippen LogP contribution is -2.17. The van der Waals surface area contributed by atoms with E-state index < -0.39 is 0 Å². The summed E-state index contributed by atoms with van der Waals surface area (Å²) in [7, 11) is 0. The van der Waals surface area contributed by atoms with Crippen LogP contribution in [0, 0.1) is 0 Å². The molecule has 2 N–H and O–H groups in total. The molecule has 0 aliphatic rings. The van der Waals surface area contributed by atoms with E-state index in [4.69, 9.17) is 0 Å². The fourth-order valence-electron chi connectivity index (χ4n) is 1.88. The summed E-state index contributed by atoms with van der Waals surface area (Å²) >= 11 is 0. The highest BCUT2D eigenvalue weighted by atomic mass is 15.1. The number of anilines is 1. The molecule has 0 spiro atoms. The van der Waals surface area contributed by atoms with E-state index in [1.54, 1.807) is 0 Å². The van der Waals surface area contributed by atoms with Gasteiger partial charge in [-0.1, -0.05) is 37.3 Å². The van der Waals surface area contributed by atoms with Crippen molar-refractivity contribution in [2.24, 2.45) is 0 Å². The van der Waals surface area contributed by atoms with Gasteiger partial charge in [-0.3, -0.25) is 0 Å². The summed E-state index contributed by atoms with van der Waals surface area (Å²) < 4.78 is 0. The molecule has 0 unspecified atom stereocenters. The minimum absolute atomic E-state index is 0.708. The van der Waals surface area contributed by atoms with Crippen molar-refractivity contribution in [3.8, 4) is 0 Å². The number of benzene rings is 1. The Morgan fingerprint density at radius 1 is 0.950 bits per heavy atom. The molecular weight excluding hydrogens is 248 g/mol. The second-order valence-corrected chi connectivity index (χ2v) is 4.75. The lowest BCUT2D eigenvalue weighted by Gasteiger charge is -2.06. The third-order valence-corrected chi connectivity index (χ3v) is 3.00. The van der Waals surface area contributed by atoms with Gasteiger partial charge in [-0.15, -0.1) is 0 Å². The highest BCUT2D eigenvalue weighted by Gasteiger charge is 1.97. The first-order chi connectivity index (χ1) is 9.88. The lowest BCUT2D eigenvalue weighted by molar-refractivity contribution is 0.683. The molecule has 2 aromatic rings. The first kappa shape index (κ1) is 14.5. The highest BCUT2D eigenvalue weighted by Crippen LogP contribution is 2.01. The third-order valence-electron chi connectivity index (χ3n) is 3.00. The summed E-state index contributed by atoms with van der Waals surface area (Å²) in [5, 5.41) is 6.58. The van der Waals surface area contributed by atoms with Crippen LogP contribution in [0.2, 0.25) is 0 Å². The standard InChI is InChI=1S/C16H22N4/c1-2-9-18-16-19-12-15(13-20-16)11-17-10-8-14-6-4-3-5-7-14/h3-7,12-13,17H,2,8-11H2,1H3,(H,18,19,20). The van der Waals surface area contributed by atoms with Gasteiger partial charge in [0, 0.05) is 31.0 Å². The summed E-state index contributed by atoms with van der Waals surface area (Å²) in [6.07, 6.45) is 5.87. The van der Waals surface area contributed by atoms with Crippen LogP contribution >= 0.6 is 0 Å². The molecule has 4 heteroatoms. The van der Waals surface area contributed by atoms with Crippen molar-refractivity contribution in [2.75, 3.05) is 18.4 Å². The fourth-order valence-corrected chi connectivity index (χ4v) is 1.88. The predicted molar refractivity (Wildman–Crippen MR) is 82.7 cm³/mol. The Morgan fingerprint density at radius 2 is 1.70 bits per heavy atom. The van der Waals surface area contributed by atoms with Crippen molar-refractivity contribution < 1.29 is 0 Å². The first-order valence-electron chi connectivity index (χ1n) is 7.18. The molecule has 0 aliphatic heterocycles. The number of rotatable bonds is 8. The minimum Gasteiger partial charge on any atom is -0.354 e. The van der Waals surface area contributed by atoms with Crippen LogP contribution in [0.15, 0.2) is 42.7 Å². The van der Waals surface area contributed by atoms with E-state index in [0.717, 1.165) is 38.0 Å². The van der Waals surface area contributed by atoms with Gasteiger partial charge in [-0.2, -0.15) is 0 Å². The topological polar surface area (TPSA) is 49.8 Å². The van der Waals surface area contributed by atoms with E-state index >= 15 is 0 Å². The van der Waals surface area contributed by atoms with Crippen LogP contribution in [-0.2, 0) is 13.0 Å². The molecule has 0 saturated heterocycles. The Labute approximate surface area is 120 Å². The molecule has 1 aromatic heterocycles. The molecule has 2 rings (SSSR count). The Hall–Kier alpha value is -1.94. The van der Waals surface area contributed by atoms with Gasteiger partial charge < -0.3 is 10.6 Å². The van der Waals surface area contributed by atoms with Gasteiger partial charge in [-0.05, 0) is 24.9 Å². The number of hydrogen-bond acceptors (Lipinski definition) is 4. The second-order valence-electron chi connectivity index (χ2n) is 4.75. The van der Waals surface area contributed by atoms with Crippen LogP contribution in [-0.4, -0.2) is 23.1 Å². The molecule has 0 radical (unpaired) electrons. The van der Waals surface area contributed by atoms with Gasteiger partial charge in [0.05, 0.1) is 0 Å². The second kappa shape index (κ2) is 8.27. The molecule has 0 amide bonds. The average Bonchev–Trinajstić information content (AvgIpc) is 2.52. The largest absolute Gasteiger partial charge is 0.354 e. The number of nitrogens with one attached hydrogen (secondary N) is 2. The molecule has 106 valence electrons. The van der Waals surface area contributed by atoms with Gasteiger partial charge in [0.15, 0.2) is 0 Å². The summed E-state index contributed by atoms with van der Waals surface area (Å²) in [6, 6.07) is 10.5. The first-order valence-corrected chi connectivity index (χ1v) is 7.18.